The smallest absolute Gasteiger partial charge is 0.298 e. The van der Waals surface area contributed by atoms with Crippen LogP contribution in [-0.4, -0.2) is 54.2 Å². The Morgan fingerprint density at radius 2 is 1.85 bits per heavy atom. The van der Waals surface area contributed by atoms with Gasteiger partial charge in [-0.2, -0.15) is 0 Å². The number of rotatable bonds is 4. The van der Waals surface area contributed by atoms with Gasteiger partial charge >= 0.3 is 0 Å². The Labute approximate surface area is 120 Å². The van der Waals surface area contributed by atoms with Crippen LogP contribution in [0.4, 0.5) is 0 Å². The second kappa shape index (κ2) is 8.97. The van der Waals surface area contributed by atoms with Gasteiger partial charge in [-0.25, -0.2) is 0 Å². The largest absolute Gasteiger partial charge is 0.368 e. The predicted molar refractivity (Wildman–Crippen MR) is 76.3 cm³/mol. The first-order chi connectivity index (χ1) is 9.34. The molecule has 1 rings (SSSR count). The van der Waals surface area contributed by atoms with Gasteiger partial charge in [-0.05, 0) is 24.7 Å². The van der Waals surface area contributed by atoms with Gasteiger partial charge in [0.15, 0.2) is 0 Å². The molecule has 1 aliphatic rings. The molecule has 20 heavy (non-hydrogen) atoms. The molecule has 0 radical (unpaired) electrons. The minimum absolute atomic E-state index is 0.0581. The average molecular weight is 281 g/mol. The van der Waals surface area contributed by atoms with E-state index in [0.717, 1.165) is 25.9 Å². The van der Waals surface area contributed by atoms with Crippen molar-refractivity contribution in [2.45, 2.75) is 32.7 Å². The Balaban J connectivity index is 0.000000367. The van der Waals surface area contributed by atoms with Gasteiger partial charge in [-0.3, -0.25) is 14.4 Å². The molecule has 1 atom stereocenters. The van der Waals surface area contributed by atoms with Crippen molar-refractivity contribution in [2.24, 2.45) is 11.7 Å². The summed E-state index contributed by atoms with van der Waals surface area (Å²) in [6, 6.07) is -0.493. The van der Waals surface area contributed by atoms with Crippen molar-refractivity contribution >= 4 is 18.2 Å². The maximum atomic E-state index is 10.8. The highest BCUT2D eigenvalue weighted by Crippen LogP contribution is 2.06. The van der Waals surface area contributed by atoms with E-state index in [1.807, 2.05) is 13.8 Å². The zero-order chi connectivity index (χ0) is 15.7. The van der Waals surface area contributed by atoms with Crippen LogP contribution in [-0.2, 0) is 14.4 Å². The number of hydrogen-bond acceptors (Lipinski definition) is 3. The van der Waals surface area contributed by atoms with Gasteiger partial charge in [-0.1, -0.05) is 13.8 Å². The SMILES string of the molecule is C#CC(=O)N1CCCC1.CC(C)C(C(N)=O)N(C)C=O. The third kappa shape index (κ3) is 5.74. The first-order valence-electron chi connectivity index (χ1n) is 6.57. The molecule has 3 amide bonds. The normalized spacial score (nSPS) is 14.8. The summed E-state index contributed by atoms with van der Waals surface area (Å²) in [6.45, 7) is 5.39. The fraction of sp³-hybridized carbons (Fsp3) is 0.643. The number of nitrogens with two attached hydrogens (primary N) is 1. The Hall–Kier alpha value is -2.03. The molecule has 0 aromatic carbocycles. The van der Waals surface area contributed by atoms with E-state index < -0.39 is 11.9 Å². The average Bonchev–Trinajstić information content (AvgIpc) is 2.91. The number of likely N-dealkylation sites (tertiary alicyclic amines) is 1. The van der Waals surface area contributed by atoms with Gasteiger partial charge in [0.25, 0.3) is 5.91 Å². The maximum absolute atomic E-state index is 10.8. The van der Waals surface area contributed by atoms with Crippen LogP contribution in [0.1, 0.15) is 26.7 Å². The summed E-state index contributed by atoms with van der Waals surface area (Å²) >= 11 is 0. The molecule has 1 fully saturated rings. The highest BCUT2D eigenvalue weighted by Gasteiger charge is 2.22. The molecule has 0 bridgehead atoms. The molecule has 6 nitrogen and oxygen atoms in total. The maximum Gasteiger partial charge on any atom is 0.298 e. The Morgan fingerprint density at radius 3 is 2.10 bits per heavy atom. The van der Waals surface area contributed by atoms with Crippen LogP contribution in [0.15, 0.2) is 0 Å². The Morgan fingerprint density at radius 1 is 1.35 bits per heavy atom. The van der Waals surface area contributed by atoms with Gasteiger partial charge in [0, 0.05) is 20.1 Å². The third-order valence-electron chi connectivity index (χ3n) is 3.04. The van der Waals surface area contributed by atoms with Gasteiger partial charge in [-0.15, -0.1) is 6.42 Å². The van der Waals surface area contributed by atoms with E-state index in [9.17, 15) is 14.4 Å². The lowest BCUT2D eigenvalue weighted by Crippen LogP contribution is -2.45. The van der Waals surface area contributed by atoms with Crippen LogP contribution in [0, 0.1) is 18.3 Å². The van der Waals surface area contributed by atoms with Crippen molar-refractivity contribution in [1.29, 1.82) is 0 Å². The van der Waals surface area contributed by atoms with Crippen LogP contribution in [0.3, 0.4) is 0 Å². The number of terminal acetylenes is 1. The fourth-order valence-electron chi connectivity index (χ4n) is 2.08. The van der Waals surface area contributed by atoms with Crippen LogP contribution in [0.5, 0.6) is 0 Å². The van der Waals surface area contributed by atoms with E-state index in [0.29, 0.717) is 6.41 Å². The summed E-state index contributed by atoms with van der Waals surface area (Å²) in [5.74, 6) is 1.53. The number of primary amides is 1. The lowest BCUT2D eigenvalue weighted by molar-refractivity contribution is -0.131. The van der Waals surface area contributed by atoms with Crippen molar-refractivity contribution in [2.75, 3.05) is 20.1 Å². The van der Waals surface area contributed by atoms with Gasteiger partial charge < -0.3 is 15.5 Å². The number of carbonyl (C=O) groups is 3. The van der Waals surface area contributed by atoms with Crippen molar-refractivity contribution in [3.05, 3.63) is 0 Å². The Bertz CT molecular complexity index is 382. The molecule has 1 heterocycles. The molecule has 0 aromatic rings. The third-order valence-corrected chi connectivity index (χ3v) is 3.04. The standard InChI is InChI=1S/C7H14N2O2.C7H9NO/c1-5(2)6(7(8)11)9(3)4-10;1-2-7(9)8-5-3-4-6-8/h4-6H,1-3H3,(H2,8,11);1H,3-6H2. The number of amides is 3. The molecular formula is C14H23N3O3. The van der Waals surface area contributed by atoms with Crippen LogP contribution in [0.2, 0.25) is 0 Å². The molecule has 0 spiro atoms. The summed E-state index contributed by atoms with van der Waals surface area (Å²) in [4.78, 5) is 34.7. The number of nitrogens with zero attached hydrogens (tertiary/aromatic N) is 2. The molecule has 0 aromatic heterocycles. The minimum atomic E-state index is -0.493. The van der Waals surface area contributed by atoms with Gasteiger partial charge in [0.2, 0.25) is 12.3 Å². The van der Waals surface area contributed by atoms with Crippen molar-refractivity contribution in [1.82, 2.24) is 9.80 Å². The van der Waals surface area contributed by atoms with Crippen LogP contribution in [0.25, 0.3) is 0 Å². The molecule has 6 heteroatoms. The fourth-order valence-corrected chi connectivity index (χ4v) is 2.08. The van der Waals surface area contributed by atoms with Gasteiger partial charge in [0.1, 0.15) is 6.04 Å². The molecule has 0 aliphatic carbocycles. The number of carbonyl (C=O) groups excluding carboxylic acids is 3. The summed E-state index contributed by atoms with van der Waals surface area (Å²) < 4.78 is 0. The van der Waals surface area contributed by atoms with E-state index in [1.54, 1.807) is 11.9 Å². The molecule has 112 valence electrons. The second-order valence-electron chi connectivity index (χ2n) is 5.01. The lowest BCUT2D eigenvalue weighted by atomic mass is 10.0. The molecule has 0 saturated carbocycles. The van der Waals surface area contributed by atoms with Crippen molar-refractivity contribution < 1.29 is 14.4 Å². The Kier molecular flexibility index (Phi) is 8.06. The first kappa shape index (κ1) is 18.0. The van der Waals surface area contributed by atoms with E-state index in [1.165, 1.54) is 4.90 Å². The molecule has 1 unspecified atom stereocenters. The zero-order valence-electron chi connectivity index (χ0n) is 12.3. The molecule has 2 N–H and O–H groups in total. The number of hydrogen-bond donors (Lipinski definition) is 1. The quantitative estimate of drug-likeness (QED) is 0.573. The highest BCUT2D eigenvalue weighted by molar-refractivity contribution is 5.93. The topological polar surface area (TPSA) is 83.7 Å². The van der Waals surface area contributed by atoms with Crippen molar-refractivity contribution in [3.8, 4) is 12.3 Å². The minimum Gasteiger partial charge on any atom is -0.368 e. The lowest BCUT2D eigenvalue weighted by Gasteiger charge is -2.24. The predicted octanol–water partition coefficient (Wildman–Crippen LogP) is -0.173. The summed E-state index contributed by atoms with van der Waals surface area (Å²) in [5.41, 5.74) is 5.07. The van der Waals surface area contributed by atoms with E-state index in [4.69, 9.17) is 12.2 Å². The van der Waals surface area contributed by atoms with E-state index in [2.05, 4.69) is 5.92 Å². The van der Waals surface area contributed by atoms with E-state index in [-0.39, 0.29) is 11.8 Å². The molecular weight excluding hydrogens is 258 g/mol. The zero-order valence-corrected chi connectivity index (χ0v) is 12.3. The summed E-state index contributed by atoms with van der Waals surface area (Å²) in [6.07, 6.45) is 7.73. The highest BCUT2D eigenvalue weighted by atomic mass is 16.2. The summed E-state index contributed by atoms with van der Waals surface area (Å²) in [7, 11) is 1.54. The van der Waals surface area contributed by atoms with E-state index >= 15 is 0 Å². The molecule has 1 saturated heterocycles. The molecule has 1 aliphatic heterocycles. The first-order valence-corrected chi connectivity index (χ1v) is 6.57. The van der Waals surface area contributed by atoms with Gasteiger partial charge in [0.05, 0.1) is 0 Å². The van der Waals surface area contributed by atoms with Crippen LogP contribution >= 0.6 is 0 Å². The summed E-state index contributed by atoms with van der Waals surface area (Å²) in [5, 5.41) is 0. The second-order valence-corrected chi connectivity index (χ2v) is 5.01. The monoisotopic (exact) mass is 281 g/mol. The van der Waals surface area contributed by atoms with Crippen LogP contribution < -0.4 is 5.73 Å². The number of likely N-dealkylation sites (N-methyl/N-ethyl adjacent to an activating group) is 1. The van der Waals surface area contributed by atoms with Crippen molar-refractivity contribution in [3.63, 3.8) is 0 Å².